The van der Waals surface area contributed by atoms with Gasteiger partial charge in [0, 0.05) is 67.2 Å². The largest absolute Gasteiger partial charge is 0.507 e. The minimum absolute atomic E-state index is 0.0709. The van der Waals surface area contributed by atoms with Crippen molar-refractivity contribution in [2.24, 2.45) is 23.7 Å². The standard InChI is InChI=1S/C37H47NO12/c1-16-11-10-12-17(2)36(46)38-23-15-24(40)26-27(32(23)44)31(43)21(6)34-28(26)35(45)37(8,50-34)48-14-13-25(47-9)18(3)33(49-22(7)39)20(5)30(42)19(4)29(16)41/h10-16,18-20,25,29-30,33,40-44H,1-9H3,(H,38,46)/b11-10+,14-13+,17-12-/t16-,18-,19+,20-,25-,29-,30+,33+,37-/m0/s1. The smallest absolute Gasteiger partial charge is 0.312 e. The van der Waals surface area contributed by atoms with E-state index in [-0.39, 0.29) is 38.9 Å². The molecule has 0 fully saturated rings. The van der Waals surface area contributed by atoms with E-state index in [0.717, 1.165) is 6.07 Å². The lowest BCUT2D eigenvalue weighted by Crippen LogP contribution is -2.46. The number of hydrogen-bond donors (Lipinski definition) is 6. The lowest BCUT2D eigenvalue weighted by atomic mass is 9.78. The molecule has 2 aromatic carbocycles. The maximum Gasteiger partial charge on any atom is 0.312 e. The van der Waals surface area contributed by atoms with Crippen LogP contribution in [0.15, 0.2) is 42.2 Å². The molecule has 5 bridgehead atoms. The number of aliphatic hydroxyl groups excluding tert-OH is 2. The highest BCUT2D eigenvalue weighted by Gasteiger charge is 2.49. The van der Waals surface area contributed by atoms with Crippen molar-refractivity contribution in [1.29, 1.82) is 0 Å². The fraction of sp³-hybridized carbons (Fsp3) is 0.486. The van der Waals surface area contributed by atoms with Crippen LogP contribution >= 0.6 is 0 Å². The maximum atomic E-state index is 13.9. The zero-order valence-electron chi connectivity index (χ0n) is 29.7. The number of aliphatic hydroxyl groups is 2. The van der Waals surface area contributed by atoms with Crippen LogP contribution in [0, 0.1) is 30.6 Å². The summed E-state index contributed by atoms with van der Waals surface area (Å²) in [5, 5.41) is 58.2. The van der Waals surface area contributed by atoms with Gasteiger partial charge in [0.1, 0.15) is 23.4 Å². The van der Waals surface area contributed by atoms with E-state index in [1.165, 1.54) is 53.2 Å². The Bertz CT molecular complexity index is 1760. The number of hydrogen-bond acceptors (Lipinski definition) is 12. The first-order chi connectivity index (χ1) is 23.4. The summed E-state index contributed by atoms with van der Waals surface area (Å²) in [6.07, 6.45) is 3.62. The second-order valence-electron chi connectivity index (χ2n) is 13.4. The minimum atomic E-state index is -1.98. The van der Waals surface area contributed by atoms with Crippen molar-refractivity contribution in [1.82, 2.24) is 0 Å². The number of anilines is 1. The van der Waals surface area contributed by atoms with Gasteiger partial charge >= 0.3 is 11.8 Å². The predicted molar refractivity (Wildman–Crippen MR) is 184 cm³/mol. The second kappa shape index (κ2) is 14.7. The molecule has 0 saturated carbocycles. The van der Waals surface area contributed by atoms with Crippen LogP contribution in [-0.2, 0) is 23.8 Å². The van der Waals surface area contributed by atoms with Gasteiger partial charge < -0.3 is 49.8 Å². The Hall–Kier alpha value is -4.59. The van der Waals surface area contributed by atoms with Crippen LogP contribution in [-0.4, -0.2) is 80.5 Å². The Morgan fingerprint density at radius 2 is 1.60 bits per heavy atom. The Morgan fingerprint density at radius 1 is 0.940 bits per heavy atom. The van der Waals surface area contributed by atoms with E-state index in [2.05, 4.69) is 5.32 Å². The van der Waals surface area contributed by atoms with Gasteiger partial charge in [-0.1, -0.05) is 45.9 Å². The molecule has 6 N–H and O–H groups in total. The SMILES string of the molecule is CO[C@H]1/C=C/O[C@@]2(C)Oc3c(C)c(O)c4c(O)c(cc(O)c4c3C2=O)NC(=O)/C(C)=C\C=C\[C@H](C)[C@H](O)[C@@H](C)[C@@H](O)[C@H](C)[C@H](OC(C)=O)[C@H]1C. The Labute approximate surface area is 290 Å². The van der Waals surface area contributed by atoms with Crippen molar-refractivity contribution in [3.8, 4) is 23.0 Å². The Kier molecular flexibility index (Phi) is 11.2. The molecule has 3 aliphatic rings. The molecule has 0 radical (unpaired) electrons. The van der Waals surface area contributed by atoms with E-state index in [9.17, 15) is 39.9 Å². The van der Waals surface area contributed by atoms with Crippen molar-refractivity contribution in [2.75, 3.05) is 12.4 Å². The van der Waals surface area contributed by atoms with Crippen molar-refractivity contribution in [3.63, 3.8) is 0 Å². The highest BCUT2D eigenvalue weighted by Crippen LogP contribution is 2.53. The van der Waals surface area contributed by atoms with E-state index >= 15 is 0 Å². The lowest BCUT2D eigenvalue weighted by molar-refractivity contribution is -0.160. The molecule has 2 aromatic rings. The van der Waals surface area contributed by atoms with Crippen molar-refractivity contribution >= 4 is 34.1 Å². The summed E-state index contributed by atoms with van der Waals surface area (Å²) < 4.78 is 23.2. The molecule has 13 nitrogen and oxygen atoms in total. The molecule has 5 rings (SSSR count). The third kappa shape index (κ3) is 7.03. The van der Waals surface area contributed by atoms with Gasteiger partial charge in [-0.3, -0.25) is 14.4 Å². The molecule has 3 aliphatic heterocycles. The van der Waals surface area contributed by atoms with Crippen molar-refractivity contribution < 1.29 is 58.9 Å². The van der Waals surface area contributed by atoms with Gasteiger partial charge in [0.05, 0.1) is 41.2 Å². The van der Waals surface area contributed by atoms with E-state index < -0.39 is 88.8 Å². The highest BCUT2D eigenvalue weighted by atomic mass is 16.7. The molecular formula is C37H47NO12. The number of benzene rings is 2. The minimum Gasteiger partial charge on any atom is -0.507 e. The van der Waals surface area contributed by atoms with Crippen molar-refractivity contribution in [2.45, 2.75) is 85.6 Å². The van der Waals surface area contributed by atoms with Gasteiger partial charge in [-0.15, -0.1) is 0 Å². The Morgan fingerprint density at radius 3 is 2.22 bits per heavy atom. The first-order valence-electron chi connectivity index (χ1n) is 16.4. The molecular weight excluding hydrogens is 650 g/mol. The molecule has 9 atom stereocenters. The average Bonchev–Trinajstić information content (AvgIpc) is 3.33. The summed E-state index contributed by atoms with van der Waals surface area (Å²) in [6, 6.07) is 1.06. The van der Waals surface area contributed by atoms with Crippen LogP contribution < -0.4 is 10.1 Å². The van der Waals surface area contributed by atoms with Crippen LogP contribution in [0.3, 0.4) is 0 Å². The lowest BCUT2D eigenvalue weighted by Gasteiger charge is -2.38. The topological polar surface area (TPSA) is 201 Å². The second-order valence-corrected chi connectivity index (χ2v) is 13.4. The van der Waals surface area contributed by atoms with Gasteiger partial charge in [-0.2, -0.15) is 0 Å². The predicted octanol–water partition coefficient (Wildman–Crippen LogP) is 4.75. The number of methoxy groups -OCH3 is 1. The van der Waals surface area contributed by atoms with Gasteiger partial charge in [0.25, 0.3) is 11.7 Å². The van der Waals surface area contributed by atoms with Gasteiger partial charge in [-0.05, 0) is 19.9 Å². The van der Waals surface area contributed by atoms with E-state index in [4.69, 9.17) is 18.9 Å². The molecule has 272 valence electrons. The highest BCUT2D eigenvalue weighted by molar-refractivity contribution is 6.21. The number of amides is 1. The third-order valence-electron chi connectivity index (χ3n) is 9.84. The number of aromatic hydroxyl groups is 3. The zero-order valence-corrected chi connectivity index (χ0v) is 29.7. The van der Waals surface area contributed by atoms with E-state index in [0.29, 0.717) is 0 Å². The number of Topliss-reactive ketones (excluding diaryl/α,β-unsaturated/α-hetero) is 1. The molecule has 3 heterocycles. The summed E-state index contributed by atoms with van der Waals surface area (Å²) in [5.41, 5.74) is -0.0929. The number of carbonyl (C=O) groups excluding carboxylic acids is 3. The number of rotatable bonds is 2. The fourth-order valence-corrected chi connectivity index (χ4v) is 6.65. The molecule has 50 heavy (non-hydrogen) atoms. The molecule has 0 unspecified atom stereocenters. The summed E-state index contributed by atoms with van der Waals surface area (Å²) >= 11 is 0. The number of fused-ring (bicyclic) bond motifs is 14. The van der Waals surface area contributed by atoms with Crippen LogP contribution in [0.4, 0.5) is 5.69 Å². The summed E-state index contributed by atoms with van der Waals surface area (Å²) in [7, 11) is 1.43. The maximum absolute atomic E-state index is 13.9. The van der Waals surface area contributed by atoms with E-state index in [1.54, 1.807) is 39.8 Å². The Balaban J connectivity index is 1.87. The molecule has 13 heteroatoms. The number of allylic oxidation sites excluding steroid dienone is 2. The monoisotopic (exact) mass is 697 g/mol. The molecule has 0 spiro atoms. The quantitative estimate of drug-likeness (QED) is 0.143. The first-order valence-corrected chi connectivity index (χ1v) is 16.4. The summed E-state index contributed by atoms with van der Waals surface area (Å²) in [5.74, 6) is -7.99. The molecule has 0 aromatic heterocycles. The average molecular weight is 698 g/mol. The molecule has 0 saturated heterocycles. The number of ether oxygens (including phenoxy) is 4. The van der Waals surface area contributed by atoms with Crippen LogP contribution in [0.25, 0.3) is 10.8 Å². The van der Waals surface area contributed by atoms with Crippen molar-refractivity contribution in [3.05, 3.63) is 53.3 Å². The van der Waals surface area contributed by atoms with Gasteiger partial charge in [0.2, 0.25) is 0 Å². The van der Waals surface area contributed by atoms with Crippen LogP contribution in [0.1, 0.15) is 64.4 Å². The third-order valence-corrected chi connectivity index (χ3v) is 9.84. The summed E-state index contributed by atoms with van der Waals surface area (Å²) in [6.45, 7) is 12.5. The van der Waals surface area contributed by atoms with Crippen LogP contribution in [0.2, 0.25) is 0 Å². The number of esters is 1. The number of phenols is 3. The number of nitrogens with one attached hydrogen (secondary N) is 1. The van der Waals surface area contributed by atoms with Gasteiger partial charge in [-0.25, -0.2) is 0 Å². The number of ketones is 1. The number of carbonyl (C=O) groups is 3. The zero-order chi connectivity index (χ0) is 37.4. The normalized spacial score (nSPS) is 33.2. The fourth-order valence-electron chi connectivity index (χ4n) is 6.65. The molecule has 1 amide bonds. The van der Waals surface area contributed by atoms with Crippen LogP contribution in [0.5, 0.6) is 23.0 Å². The summed E-state index contributed by atoms with van der Waals surface area (Å²) in [4.78, 5) is 39.2. The first kappa shape index (κ1) is 38.2. The van der Waals surface area contributed by atoms with E-state index in [1.807, 2.05) is 0 Å². The number of phenolic OH excluding ortho intramolecular Hbond substituents is 3. The molecule has 0 aliphatic carbocycles. The van der Waals surface area contributed by atoms with Gasteiger partial charge in [0.15, 0.2) is 5.75 Å².